The second-order valence-electron chi connectivity index (χ2n) is 3.48. The van der Waals surface area contributed by atoms with Crippen molar-refractivity contribution in [3.8, 4) is 0 Å². The summed E-state index contributed by atoms with van der Waals surface area (Å²) < 4.78 is 1.11. The maximum Gasteiger partial charge on any atom is 0.254 e. The van der Waals surface area contributed by atoms with Gasteiger partial charge in [-0.1, -0.05) is 6.07 Å². The third-order valence-corrected chi connectivity index (χ3v) is 4.29. The van der Waals surface area contributed by atoms with Crippen LogP contribution in [0.3, 0.4) is 0 Å². The number of benzene rings is 1. The minimum absolute atomic E-state index is 0.158. The first kappa shape index (κ1) is 11.3. The fraction of sp³-hybridized carbons (Fsp3) is 0.364. The molecular weight excluding hydrogens is 321 g/mol. The molecule has 0 saturated carbocycles. The Morgan fingerprint density at radius 1 is 1.60 bits per heavy atom. The Hall–Kier alpha value is -0.230. The summed E-state index contributed by atoms with van der Waals surface area (Å²) in [6.07, 6.45) is 0. The van der Waals surface area contributed by atoms with Crippen molar-refractivity contribution in [2.75, 3.05) is 12.3 Å². The second kappa shape index (κ2) is 4.74. The van der Waals surface area contributed by atoms with Gasteiger partial charge in [0.25, 0.3) is 5.91 Å². The molecule has 1 atom stereocenters. The number of carbonyl (C=O) groups is 1. The molecule has 0 aromatic heterocycles. The van der Waals surface area contributed by atoms with Crippen LogP contribution in [-0.4, -0.2) is 28.5 Å². The summed E-state index contributed by atoms with van der Waals surface area (Å²) in [6.45, 7) is 2.96. The Balaban J connectivity index is 2.20. The summed E-state index contributed by atoms with van der Waals surface area (Å²) in [4.78, 5) is 14.1. The van der Waals surface area contributed by atoms with Crippen LogP contribution in [0.5, 0.6) is 0 Å². The van der Waals surface area contributed by atoms with Gasteiger partial charge in [-0.25, -0.2) is 0 Å². The molecule has 0 aliphatic carbocycles. The van der Waals surface area contributed by atoms with Gasteiger partial charge in [-0.2, -0.15) is 0 Å². The highest BCUT2D eigenvalue weighted by atomic mass is 127. The maximum atomic E-state index is 12.1. The van der Waals surface area contributed by atoms with Gasteiger partial charge in [-0.3, -0.25) is 4.79 Å². The molecule has 0 spiro atoms. The quantitative estimate of drug-likeness (QED) is 0.737. The predicted molar refractivity (Wildman–Crippen MR) is 72.1 cm³/mol. The molecule has 2 nitrogen and oxygen atoms in total. The molecule has 15 heavy (non-hydrogen) atoms. The molecule has 1 aromatic rings. The zero-order chi connectivity index (χ0) is 10.8. The van der Waals surface area contributed by atoms with E-state index in [0.29, 0.717) is 5.37 Å². The van der Waals surface area contributed by atoms with E-state index >= 15 is 0 Å². The first-order chi connectivity index (χ1) is 7.18. The Morgan fingerprint density at radius 3 is 3.00 bits per heavy atom. The minimum atomic E-state index is 0.158. The molecule has 1 unspecified atom stereocenters. The molecular formula is C11H12INOS. The fourth-order valence-electron chi connectivity index (χ4n) is 1.65. The van der Waals surface area contributed by atoms with Crippen LogP contribution in [-0.2, 0) is 0 Å². The Bertz CT molecular complexity index is 383. The highest BCUT2D eigenvalue weighted by molar-refractivity contribution is 14.1. The molecule has 1 aliphatic heterocycles. The summed E-state index contributed by atoms with van der Waals surface area (Å²) in [5, 5.41) is 0.315. The number of hydrogen-bond acceptors (Lipinski definition) is 2. The molecule has 1 saturated heterocycles. The van der Waals surface area contributed by atoms with Gasteiger partial charge in [-0.05, 0) is 47.7 Å². The molecule has 1 aromatic carbocycles. The monoisotopic (exact) mass is 333 g/mol. The molecule has 4 heteroatoms. The molecule has 0 N–H and O–H groups in total. The van der Waals surface area contributed by atoms with Gasteiger partial charge in [-0.15, -0.1) is 11.8 Å². The fourth-order valence-corrected chi connectivity index (χ4v) is 3.21. The van der Waals surface area contributed by atoms with Crippen LogP contribution in [0.1, 0.15) is 17.3 Å². The number of halogens is 1. The number of carbonyl (C=O) groups excluding carboxylic acids is 1. The number of amides is 1. The van der Waals surface area contributed by atoms with Crippen molar-refractivity contribution in [1.29, 1.82) is 0 Å². The van der Waals surface area contributed by atoms with Crippen molar-refractivity contribution in [1.82, 2.24) is 4.90 Å². The molecule has 1 aliphatic rings. The minimum Gasteiger partial charge on any atom is -0.326 e. The van der Waals surface area contributed by atoms with E-state index < -0.39 is 0 Å². The lowest BCUT2D eigenvalue weighted by Gasteiger charge is -2.20. The van der Waals surface area contributed by atoms with Crippen LogP contribution in [0.2, 0.25) is 0 Å². The number of rotatable bonds is 1. The molecule has 1 heterocycles. The van der Waals surface area contributed by atoms with E-state index in [4.69, 9.17) is 0 Å². The van der Waals surface area contributed by atoms with E-state index in [1.165, 1.54) is 0 Å². The zero-order valence-electron chi connectivity index (χ0n) is 8.44. The van der Waals surface area contributed by atoms with Crippen molar-refractivity contribution in [3.05, 3.63) is 33.4 Å². The van der Waals surface area contributed by atoms with Crippen molar-refractivity contribution in [2.24, 2.45) is 0 Å². The average Bonchev–Trinajstić information content (AvgIpc) is 2.63. The summed E-state index contributed by atoms with van der Waals surface area (Å²) >= 11 is 4.07. The lowest BCUT2D eigenvalue weighted by atomic mass is 10.2. The van der Waals surface area contributed by atoms with E-state index in [-0.39, 0.29) is 5.91 Å². The van der Waals surface area contributed by atoms with Gasteiger partial charge in [0.05, 0.1) is 5.37 Å². The van der Waals surface area contributed by atoms with E-state index in [0.717, 1.165) is 21.4 Å². The van der Waals surface area contributed by atoms with Gasteiger partial charge in [0, 0.05) is 21.4 Å². The lowest BCUT2D eigenvalue weighted by molar-refractivity contribution is 0.0768. The smallest absolute Gasteiger partial charge is 0.254 e. The Labute approximate surface area is 108 Å². The van der Waals surface area contributed by atoms with Gasteiger partial charge >= 0.3 is 0 Å². The molecule has 1 fully saturated rings. The molecule has 1 amide bonds. The van der Waals surface area contributed by atoms with Gasteiger partial charge in [0.2, 0.25) is 0 Å². The van der Waals surface area contributed by atoms with Crippen LogP contribution in [0, 0.1) is 3.57 Å². The number of nitrogens with zero attached hydrogens (tertiary/aromatic N) is 1. The number of thioether (sulfide) groups is 1. The molecule has 80 valence electrons. The van der Waals surface area contributed by atoms with Crippen LogP contribution in [0.4, 0.5) is 0 Å². The highest BCUT2D eigenvalue weighted by Gasteiger charge is 2.26. The molecule has 0 radical (unpaired) electrons. The largest absolute Gasteiger partial charge is 0.326 e. The average molecular weight is 333 g/mol. The van der Waals surface area contributed by atoms with Gasteiger partial charge in [0.15, 0.2) is 0 Å². The van der Waals surface area contributed by atoms with E-state index in [1.54, 1.807) is 0 Å². The first-order valence-electron chi connectivity index (χ1n) is 4.86. The zero-order valence-corrected chi connectivity index (χ0v) is 11.4. The lowest BCUT2D eigenvalue weighted by Crippen LogP contribution is -2.33. The predicted octanol–water partition coefficient (Wildman–Crippen LogP) is 2.83. The Kier molecular flexibility index (Phi) is 3.56. The SMILES string of the molecule is CC1SCCN1C(=O)c1cccc(I)c1. The summed E-state index contributed by atoms with van der Waals surface area (Å²) in [6, 6.07) is 7.77. The van der Waals surface area contributed by atoms with Crippen molar-refractivity contribution in [3.63, 3.8) is 0 Å². The summed E-state index contributed by atoms with van der Waals surface area (Å²) in [5.41, 5.74) is 0.802. The van der Waals surface area contributed by atoms with Gasteiger partial charge in [0.1, 0.15) is 0 Å². The second-order valence-corrected chi connectivity index (χ2v) is 6.15. The topological polar surface area (TPSA) is 20.3 Å². The molecule has 2 rings (SSSR count). The van der Waals surface area contributed by atoms with Crippen molar-refractivity contribution in [2.45, 2.75) is 12.3 Å². The standard InChI is InChI=1S/C11H12INOS/c1-8-13(5-6-15-8)11(14)9-3-2-4-10(12)7-9/h2-4,7-8H,5-6H2,1H3. The van der Waals surface area contributed by atoms with Crippen molar-refractivity contribution >= 4 is 40.3 Å². The first-order valence-corrected chi connectivity index (χ1v) is 6.99. The Morgan fingerprint density at radius 2 is 2.40 bits per heavy atom. The van der Waals surface area contributed by atoms with E-state index in [1.807, 2.05) is 40.9 Å². The summed E-state index contributed by atoms with van der Waals surface area (Å²) in [5.74, 6) is 1.21. The number of hydrogen-bond donors (Lipinski definition) is 0. The van der Waals surface area contributed by atoms with E-state index in [9.17, 15) is 4.79 Å². The van der Waals surface area contributed by atoms with Crippen LogP contribution < -0.4 is 0 Å². The van der Waals surface area contributed by atoms with Crippen LogP contribution >= 0.6 is 34.4 Å². The third kappa shape index (κ3) is 2.47. The highest BCUT2D eigenvalue weighted by Crippen LogP contribution is 2.24. The third-order valence-electron chi connectivity index (χ3n) is 2.46. The van der Waals surface area contributed by atoms with Crippen LogP contribution in [0.15, 0.2) is 24.3 Å². The van der Waals surface area contributed by atoms with Crippen LogP contribution in [0.25, 0.3) is 0 Å². The maximum absolute atomic E-state index is 12.1. The molecule has 0 bridgehead atoms. The van der Waals surface area contributed by atoms with Crippen molar-refractivity contribution < 1.29 is 4.79 Å². The van der Waals surface area contributed by atoms with E-state index in [2.05, 4.69) is 29.5 Å². The van der Waals surface area contributed by atoms with Gasteiger partial charge < -0.3 is 4.90 Å². The summed E-state index contributed by atoms with van der Waals surface area (Å²) in [7, 11) is 0. The normalized spacial score (nSPS) is 20.7.